The largest absolute Gasteiger partial charge is 0.493 e. The van der Waals surface area contributed by atoms with Crippen LogP contribution in [0.1, 0.15) is 35.4 Å². The number of rotatable bonds is 8. The Morgan fingerprint density at radius 3 is 2.69 bits per heavy atom. The van der Waals surface area contributed by atoms with Gasteiger partial charge in [-0.05, 0) is 29.2 Å². The molecular weight excluding hydrogens is 330 g/mol. The second kappa shape index (κ2) is 8.52. The van der Waals surface area contributed by atoms with Gasteiger partial charge in [-0.25, -0.2) is 0 Å². The van der Waals surface area contributed by atoms with Crippen molar-refractivity contribution in [2.75, 3.05) is 13.2 Å². The van der Waals surface area contributed by atoms with Crippen molar-refractivity contribution in [3.63, 3.8) is 0 Å². The van der Waals surface area contributed by atoms with Crippen LogP contribution in [-0.4, -0.2) is 30.1 Å². The molecule has 0 radical (unpaired) electrons. The smallest absolute Gasteiger partial charge is 0.303 e. The number of nitrogens with one attached hydrogen (secondary N) is 1. The standard InChI is InChI=1S/C21H23NO4/c23-20(13-18(14-21(24)25)16-4-2-1-3-5-16)22-10-8-15-6-7-17-9-11-26-19(17)12-15/h1-7,12,18H,8-11,13-14H2,(H,22,23)(H,24,25). The highest BCUT2D eigenvalue weighted by Crippen LogP contribution is 2.26. The van der Waals surface area contributed by atoms with Crippen LogP contribution < -0.4 is 10.1 Å². The Balaban J connectivity index is 1.51. The number of carbonyl (C=O) groups excluding carboxylic acids is 1. The number of aliphatic carboxylic acids is 1. The fraction of sp³-hybridized carbons (Fsp3) is 0.333. The molecule has 1 aliphatic heterocycles. The lowest BCUT2D eigenvalue weighted by molar-refractivity contribution is -0.137. The maximum atomic E-state index is 12.3. The zero-order chi connectivity index (χ0) is 18.4. The molecule has 2 N–H and O–H groups in total. The van der Waals surface area contributed by atoms with Gasteiger partial charge in [-0.1, -0.05) is 42.5 Å². The number of carboxylic acid groups (broad SMARTS) is 1. The van der Waals surface area contributed by atoms with Crippen LogP contribution in [0.2, 0.25) is 0 Å². The molecule has 2 aromatic carbocycles. The average molecular weight is 353 g/mol. The third kappa shape index (κ3) is 4.85. The molecule has 26 heavy (non-hydrogen) atoms. The van der Waals surface area contributed by atoms with Crippen molar-refractivity contribution in [3.8, 4) is 5.75 Å². The molecule has 3 rings (SSSR count). The highest BCUT2D eigenvalue weighted by atomic mass is 16.5. The van der Waals surface area contributed by atoms with Gasteiger partial charge in [0.2, 0.25) is 5.91 Å². The van der Waals surface area contributed by atoms with Gasteiger partial charge in [-0.2, -0.15) is 0 Å². The SMILES string of the molecule is O=C(O)CC(CC(=O)NCCc1ccc2c(c1)OCC2)c1ccccc1. The van der Waals surface area contributed by atoms with Gasteiger partial charge in [0.1, 0.15) is 5.75 Å². The van der Waals surface area contributed by atoms with Gasteiger partial charge in [0, 0.05) is 25.3 Å². The van der Waals surface area contributed by atoms with Crippen LogP contribution in [0.15, 0.2) is 48.5 Å². The molecule has 0 aliphatic carbocycles. The number of amides is 1. The molecule has 0 saturated carbocycles. The normalized spacial score (nSPS) is 13.5. The van der Waals surface area contributed by atoms with Crippen molar-refractivity contribution in [1.82, 2.24) is 5.32 Å². The molecule has 0 saturated heterocycles. The van der Waals surface area contributed by atoms with E-state index < -0.39 is 5.97 Å². The molecule has 0 bridgehead atoms. The summed E-state index contributed by atoms with van der Waals surface area (Å²) in [5.74, 6) is -0.399. The van der Waals surface area contributed by atoms with Gasteiger partial charge in [-0.3, -0.25) is 9.59 Å². The van der Waals surface area contributed by atoms with Gasteiger partial charge >= 0.3 is 5.97 Å². The molecule has 1 amide bonds. The van der Waals surface area contributed by atoms with Gasteiger partial charge < -0.3 is 15.2 Å². The minimum atomic E-state index is -0.898. The fourth-order valence-corrected chi connectivity index (χ4v) is 3.25. The number of hydrogen-bond acceptors (Lipinski definition) is 3. The van der Waals surface area contributed by atoms with Crippen LogP contribution >= 0.6 is 0 Å². The number of fused-ring (bicyclic) bond motifs is 1. The van der Waals surface area contributed by atoms with Gasteiger partial charge in [0.05, 0.1) is 13.0 Å². The zero-order valence-electron chi connectivity index (χ0n) is 14.6. The summed E-state index contributed by atoms with van der Waals surface area (Å²) >= 11 is 0. The molecule has 1 heterocycles. The first-order valence-corrected chi connectivity index (χ1v) is 8.90. The Morgan fingerprint density at radius 1 is 1.12 bits per heavy atom. The van der Waals surface area contributed by atoms with Crippen molar-refractivity contribution >= 4 is 11.9 Å². The van der Waals surface area contributed by atoms with Crippen LogP contribution in [-0.2, 0) is 22.4 Å². The van der Waals surface area contributed by atoms with Crippen LogP contribution in [0.4, 0.5) is 0 Å². The van der Waals surface area contributed by atoms with E-state index in [0.717, 1.165) is 36.3 Å². The molecule has 136 valence electrons. The summed E-state index contributed by atoms with van der Waals surface area (Å²) in [6.45, 7) is 1.26. The summed E-state index contributed by atoms with van der Waals surface area (Å²) in [4.78, 5) is 23.4. The summed E-state index contributed by atoms with van der Waals surface area (Å²) in [5, 5.41) is 12.0. The van der Waals surface area contributed by atoms with E-state index in [9.17, 15) is 9.59 Å². The highest BCUT2D eigenvalue weighted by molar-refractivity contribution is 5.78. The van der Waals surface area contributed by atoms with Crippen molar-refractivity contribution < 1.29 is 19.4 Å². The Kier molecular flexibility index (Phi) is 5.89. The summed E-state index contributed by atoms with van der Waals surface area (Å²) in [5.41, 5.74) is 3.23. The Hall–Kier alpha value is -2.82. The van der Waals surface area contributed by atoms with Crippen LogP contribution in [0.3, 0.4) is 0 Å². The van der Waals surface area contributed by atoms with Crippen LogP contribution in [0.25, 0.3) is 0 Å². The fourth-order valence-electron chi connectivity index (χ4n) is 3.25. The Morgan fingerprint density at radius 2 is 1.92 bits per heavy atom. The maximum absolute atomic E-state index is 12.3. The van der Waals surface area contributed by atoms with Gasteiger partial charge in [0.15, 0.2) is 0 Å². The molecular formula is C21H23NO4. The third-order valence-corrected chi connectivity index (χ3v) is 4.62. The van der Waals surface area contributed by atoms with Crippen LogP contribution in [0, 0.1) is 0 Å². The molecule has 5 heteroatoms. The van der Waals surface area contributed by atoms with E-state index in [1.165, 1.54) is 5.56 Å². The van der Waals surface area contributed by atoms with Gasteiger partial charge in [-0.15, -0.1) is 0 Å². The molecule has 1 atom stereocenters. The van der Waals surface area contributed by atoms with Crippen molar-refractivity contribution in [2.24, 2.45) is 0 Å². The predicted octanol–water partition coefficient (Wildman–Crippen LogP) is 2.93. The Labute approximate surface area is 153 Å². The second-order valence-corrected chi connectivity index (χ2v) is 6.55. The summed E-state index contributed by atoms with van der Waals surface area (Å²) in [6.07, 6.45) is 1.79. The lowest BCUT2D eigenvalue weighted by Crippen LogP contribution is -2.27. The molecule has 1 aliphatic rings. The summed E-state index contributed by atoms with van der Waals surface area (Å²) in [6, 6.07) is 15.5. The van der Waals surface area contributed by atoms with E-state index in [1.54, 1.807) is 0 Å². The molecule has 0 aromatic heterocycles. The first-order valence-electron chi connectivity index (χ1n) is 8.90. The van der Waals surface area contributed by atoms with Crippen molar-refractivity contribution in [2.45, 2.75) is 31.6 Å². The van der Waals surface area contributed by atoms with Gasteiger partial charge in [0.25, 0.3) is 0 Å². The number of hydrogen-bond donors (Lipinski definition) is 2. The summed E-state index contributed by atoms with van der Waals surface area (Å²) in [7, 11) is 0. The number of carboxylic acids is 1. The van der Waals surface area contributed by atoms with Crippen LogP contribution in [0.5, 0.6) is 5.75 Å². The lowest BCUT2D eigenvalue weighted by Gasteiger charge is -2.15. The first kappa shape index (κ1) is 18.0. The maximum Gasteiger partial charge on any atom is 0.303 e. The van der Waals surface area contributed by atoms with E-state index in [-0.39, 0.29) is 24.7 Å². The summed E-state index contributed by atoms with van der Waals surface area (Å²) < 4.78 is 5.56. The number of ether oxygens (including phenoxy) is 1. The van der Waals surface area contributed by atoms with Crippen molar-refractivity contribution in [3.05, 3.63) is 65.2 Å². The monoisotopic (exact) mass is 353 g/mol. The predicted molar refractivity (Wildman–Crippen MR) is 98.4 cm³/mol. The van der Waals surface area contributed by atoms with Crippen molar-refractivity contribution in [1.29, 1.82) is 0 Å². The van der Waals surface area contributed by atoms with E-state index in [1.807, 2.05) is 36.4 Å². The minimum absolute atomic E-state index is 0.0560. The number of carbonyl (C=O) groups is 2. The zero-order valence-corrected chi connectivity index (χ0v) is 14.6. The third-order valence-electron chi connectivity index (χ3n) is 4.62. The molecule has 2 aromatic rings. The van der Waals surface area contributed by atoms with E-state index >= 15 is 0 Å². The van der Waals surface area contributed by atoms with E-state index in [2.05, 4.69) is 17.4 Å². The molecule has 5 nitrogen and oxygen atoms in total. The molecule has 0 fully saturated rings. The highest BCUT2D eigenvalue weighted by Gasteiger charge is 2.19. The topological polar surface area (TPSA) is 75.6 Å². The quantitative estimate of drug-likeness (QED) is 0.765. The minimum Gasteiger partial charge on any atom is -0.493 e. The average Bonchev–Trinajstić information content (AvgIpc) is 3.09. The van der Waals surface area contributed by atoms with E-state index in [0.29, 0.717) is 6.54 Å². The Bertz CT molecular complexity index is 773. The first-order chi connectivity index (χ1) is 12.6. The molecule has 0 spiro atoms. The lowest BCUT2D eigenvalue weighted by atomic mass is 9.92. The second-order valence-electron chi connectivity index (χ2n) is 6.55. The number of benzene rings is 2. The van der Waals surface area contributed by atoms with E-state index in [4.69, 9.17) is 9.84 Å². The molecule has 1 unspecified atom stereocenters.